The molecule has 1 aliphatic heterocycles. The second kappa shape index (κ2) is 6.98. The molecule has 0 bridgehead atoms. The largest absolute Gasteiger partial charge is 0.368 e. The Morgan fingerprint density at radius 3 is 2.75 bits per heavy atom. The van der Waals surface area contributed by atoms with E-state index >= 15 is 0 Å². The van der Waals surface area contributed by atoms with E-state index in [9.17, 15) is 0 Å². The van der Waals surface area contributed by atoms with E-state index in [-0.39, 0.29) is 6.10 Å². The Morgan fingerprint density at radius 1 is 1.40 bits per heavy atom. The maximum atomic E-state index is 5.89. The Bertz CT molecular complexity index is 431. The zero-order chi connectivity index (χ0) is 14.7. The Balaban J connectivity index is 2.15. The lowest BCUT2D eigenvalue weighted by Gasteiger charge is -2.28. The molecule has 0 amide bonds. The SMILES string of the molecule is CC(C)NCc1sc(C2CN(C)CCO2)nc1C(C)C. The maximum absolute atomic E-state index is 5.89. The molecular formula is C15H27N3OS. The summed E-state index contributed by atoms with van der Waals surface area (Å²) in [6, 6.07) is 0.498. The van der Waals surface area contributed by atoms with Crippen LogP contribution in [0, 0.1) is 0 Å². The van der Waals surface area contributed by atoms with E-state index in [1.165, 1.54) is 10.6 Å². The highest BCUT2D eigenvalue weighted by Crippen LogP contribution is 2.31. The smallest absolute Gasteiger partial charge is 0.123 e. The third-order valence-corrected chi connectivity index (χ3v) is 4.67. The first-order chi connectivity index (χ1) is 9.47. The standard InChI is InChI=1S/C15H27N3OS/c1-10(2)14-13(8-16-11(3)4)20-15(17-14)12-9-18(5)6-7-19-12/h10-12,16H,6-9H2,1-5H3. The maximum Gasteiger partial charge on any atom is 0.123 e. The Morgan fingerprint density at radius 2 is 2.15 bits per heavy atom. The molecule has 1 atom stereocenters. The summed E-state index contributed by atoms with van der Waals surface area (Å²) in [7, 11) is 2.15. The molecule has 0 radical (unpaired) electrons. The van der Waals surface area contributed by atoms with Crippen LogP contribution in [0.4, 0.5) is 0 Å². The first-order valence-electron chi connectivity index (χ1n) is 7.50. The van der Waals surface area contributed by atoms with Gasteiger partial charge in [-0.05, 0) is 13.0 Å². The summed E-state index contributed by atoms with van der Waals surface area (Å²) in [6.07, 6.45) is 0.143. The van der Waals surface area contributed by atoms with Gasteiger partial charge >= 0.3 is 0 Å². The van der Waals surface area contributed by atoms with Crippen molar-refractivity contribution in [2.75, 3.05) is 26.7 Å². The fraction of sp³-hybridized carbons (Fsp3) is 0.800. The van der Waals surface area contributed by atoms with Crippen LogP contribution >= 0.6 is 11.3 Å². The minimum Gasteiger partial charge on any atom is -0.368 e. The molecule has 1 aromatic heterocycles. The predicted octanol–water partition coefficient (Wildman–Crippen LogP) is 2.77. The first-order valence-corrected chi connectivity index (χ1v) is 8.32. The lowest BCUT2D eigenvalue weighted by Crippen LogP contribution is -2.35. The molecule has 114 valence electrons. The summed E-state index contributed by atoms with van der Waals surface area (Å²) in [4.78, 5) is 8.55. The molecule has 5 heteroatoms. The molecular weight excluding hydrogens is 270 g/mol. The van der Waals surface area contributed by atoms with Crippen LogP contribution in [-0.4, -0.2) is 42.7 Å². The van der Waals surface area contributed by atoms with Gasteiger partial charge in [-0.3, -0.25) is 0 Å². The molecule has 0 spiro atoms. The van der Waals surface area contributed by atoms with Gasteiger partial charge in [0.1, 0.15) is 11.1 Å². The summed E-state index contributed by atoms with van der Waals surface area (Å²) in [5, 5.41) is 4.64. The van der Waals surface area contributed by atoms with Crippen molar-refractivity contribution in [2.45, 2.75) is 52.3 Å². The molecule has 0 aromatic carbocycles. The highest BCUT2D eigenvalue weighted by Gasteiger charge is 2.25. The van der Waals surface area contributed by atoms with Crippen LogP contribution in [0.3, 0.4) is 0 Å². The Hall–Kier alpha value is -0.490. The minimum absolute atomic E-state index is 0.143. The van der Waals surface area contributed by atoms with Gasteiger partial charge in [-0.1, -0.05) is 27.7 Å². The van der Waals surface area contributed by atoms with Gasteiger partial charge in [0.2, 0.25) is 0 Å². The highest BCUT2D eigenvalue weighted by molar-refractivity contribution is 7.11. The number of nitrogens with one attached hydrogen (secondary N) is 1. The normalized spacial score (nSPS) is 21.1. The number of ether oxygens (including phenoxy) is 1. The molecule has 1 saturated heterocycles. The van der Waals surface area contributed by atoms with Crippen LogP contribution in [-0.2, 0) is 11.3 Å². The summed E-state index contributed by atoms with van der Waals surface area (Å²) < 4.78 is 5.89. The molecule has 2 rings (SSSR count). The molecule has 20 heavy (non-hydrogen) atoms. The highest BCUT2D eigenvalue weighted by atomic mass is 32.1. The van der Waals surface area contributed by atoms with Crippen molar-refractivity contribution in [3.63, 3.8) is 0 Å². The molecule has 1 aromatic rings. The molecule has 1 N–H and O–H groups in total. The topological polar surface area (TPSA) is 37.4 Å². The van der Waals surface area contributed by atoms with Crippen molar-refractivity contribution < 1.29 is 4.74 Å². The van der Waals surface area contributed by atoms with E-state index in [4.69, 9.17) is 9.72 Å². The minimum atomic E-state index is 0.143. The van der Waals surface area contributed by atoms with E-state index in [1.54, 1.807) is 0 Å². The van der Waals surface area contributed by atoms with Crippen LogP contribution in [0.25, 0.3) is 0 Å². The first kappa shape index (κ1) is 15.9. The number of morpholine rings is 1. The van der Waals surface area contributed by atoms with Gasteiger partial charge in [0, 0.05) is 30.6 Å². The number of hydrogen-bond acceptors (Lipinski definition) is 5. The van der Waals surface area contributed by atoms with E-state index in [2.05, 4.69) is 45.0 Å². The zero-order valence-electron chi connectivity index (χ0n) is 13.3. The third-order valence-electron chi connectivity index (χ3n) is 3.51. The predicted molar refractivity (Wildman–Crippen MR) is 84.4 cm³/mol. The number of nitrogens with zero attached hydrogens (tertiary/aromatic N) is 2. The number of thiazole rings is 1. The van der Waals surface area contributed by atoms with Gasteiger partial charge in [-0.2, -0.15) is 0 Å². The van der Waals surface area contributed by atoms with Gasteiger partial charge in [-0.15, -0.1) is 11.3 Å². The summed E-state index contributed by atoms with van der Waals surface area (Å²) in [6.45, 7) is 12.5. The second-order valence-electron chi connectivity index (χ2n) is 6.17. The molecule has 4 nitrogen and oxygen atoms in total. The van der Waals surface area contributed by atoms with Crippen LogP contribution in [0.2, 0.25) is 0 Å². The quantitative estimate of drug-likeness (QED) is 0.907. The van der Waals surface area contributed by atoms with Crippen molar-refractivity contribution in [2.24, 2.45) is 0 Å². The average Bonchev–Trinajstić information content (AvgIpc) is 2.80. The van der Waals surface area contributed by atoms with E-state index < -0.39 is 0 Å². The van der Waals surface area contributed by atoms with Crippen LogP contribution in [0.15, 0.2) is 0 Å². The monoisotopic (exact) mass is 297 g/mol. The van der Waals surface area contributed by atoms with Crippen molar-refractivity contribution in [3.8, 4) is 0 Å². The second-order valence-corrected chi connectivity index (χ2v) is 7.29. The van der Waals surface area contributed by atoms with Gasteiger partial charge in [0.15, 0.2) is 0 Å². The van der Waals surface area contributed by atoms with Crippen molar-refractivity contribution >= 4 is 11.3 Å². The third kappa shape index (κ3) is 4.01. The van der Waals surface area contributed by atoms with Gasteiger partial charge in [-0.25, -0.2) is 4.98 Å². The van der Waals surface area contributed by atoms with Crippen molar-refractivity contribution in [3.05, 3.63) is 15.6 Å². The van der Waals surface area contributed by atoms with E-state index in [1.807, 2.05) is 11.3 Å². The van der Waals surface area contributed by atoms with Gasteiger partial charge < -0.3 is 15.0 Å². The average molecular weight is 297 g/mol. The molecule has 1 unspecified atom stereocenters. The van der Waals surface area contributed by atoms with Crippen LogP contribution < -0.4 is 5.32 Å². The van der Waals surface area contributed by atoms with E-state index in [0.717, 1.165) is 31.2 Å². The zero-order valence-corrected chi connectivity index (χ0v) is 14.1. The van der Waals surface area contributed by atoms with Gasteiger partial charge in [0.05, 0.1) is 12.3 Å². The fourth-order valence-electron chi connectivity index (χ4n) is 2.32. The number of rotatable bonds is 5. The van der Waals surface area contributed by atoms with Crippen molar-refractivity contribution in [1.29, 1.82) is 0 Å². The van der Waals surface area contributed by atoms with E-state index in [0.29, 0.717) is 12.0 Å². The van der Waals surface area contributed by atoms with Gasteiger partial charge in [0.25, 0.3) is 0 Å². The molecule has 1 aliphatic rings. The van der Waals surface area contributed by atoms with Crippen LogP contribution in [0.1, 0.15) is 55.3 Å². The molecule has 1 fully saturated rings. The molecule has 0 saturated carbocycles. The Labute approximate surface area is 126 Å². The van der Waals surface area contributed by atoms with Crippen molar-refractivity contribution in [1.82, 2.24) is 15.2 Å². The molecule has 0 aliphatic carbocycles. The van der Waals surface area contributed by atoms with Crippen LogP contribution in [0.5, 0.6) is 0 Å². The lowest BCUT2D eigenvalue weighted by atomic mass is 10.1. The number of hydrogen-bond donors (Lipinski definition) is 1. The number of aromatic nitrogens is 1. The summed E-state index contributed by atoms with van der Waals surface area (Å²) >= 11 is 1.81. The summed E-state index contributed by atoms with van der Waals surface area (Å²) in [5.41, 5.74) is 1.23. The lowest BCUT2D eigenvalue weighted by molar-refractivity contribution is -0.0210. The fourth-order valence-corrected chi connectivity index (χ4v) is 3.53. The summed E-state index contributed by atoms with van der Waals surface area (Å²) in [5.74, 6) is 0.463. The Kier molecular flexibility index (Phi) is 5.55. The molecule has 2 heterocycles. The number of likely N-dealkylation sites (N-methyl/N-ethyl adjacent to an activating group) is 1.